The van der Waals surface area contributed by atoms with Gasteiger partial charge < -0.3 is 9.63 Å². The largest absolute Gasteiger partial charge is 0.396 e. The van der Waals surface area contributed by atoms with Gasteiger partial charge in [-0.15, -0.1) is 0 Å². The van der Waals surface area contributed by atoms with Crippen molar-refractivity contribution in [3.05, 3.63) is 35.7 Å². The van der Waals surface area contributed by atoms with Crippen molar-refractivity contribution in [3.8, 4) is 11.4 Å². The monoisotopic (exact) mass is 301 g/mol. The van der Waals surface area contributed by atoms with E-state index in [-0.39, 0.29) is 6.61 Å². The van der Waals surface area contributed by atoms with Gasteiger partial charge in [-0.05, 0) is 45.2 Å². The second-order valence-electron chi connectivity index (χ2n) is 6.01. The first-order valence-electron chi connectivity index (χ1n) is 8.01. The lowest BCUT2D eigenvalue weighted by atomic mass is 10.1. The van der Waals surface area contributed by atoms with Gasteiger partial charge in [0.1, 0.15) is 0 Å². The third-order valence-electron chi connectivity index (χ3n) is 4.00. The number of unbranched alkanes of at least 4 members (excludes halogenated alkanes) is 1. The van der Waals surface area contributed by atoms with Gasteiger partial charge in [-0.3, -0.25) is 4.90 Å². The molecule has 118 valence electrons. The van der Waals surface area contributed by atoms with Crippen LogP contribution in [0.15, 0.2) is 28.8 Å². The summed E-state index contributed by atoms with van der Waals surface area (Å²) in [5.41, 5.74) is 2.18. The van der Waals surface area contributed by atoms with Crippen molar-refractivity contribution in [1.82, 2.24) is 15.0 Å². The molecule has 1 aromatic heterocycles. The van der Waals surface area contributed by atoms with Crippen LogP contribution < -0.4 is 0 Å². The smallest absolute Gasteiger partial charge is 0.241 e. The van der Waals surface area contributed by atoms with Gasteiger partial charge in [0, 0.05) is 18.2 Å². The lowest BCUT2D eigenvalue weighted by Gasteiger charge is -2.19. The molecular formula is C17H23N3O2. The molecule has 3 rings (SSSR count). The zero-order valence-corrected chi connectivity index (χ0v) is 13.0. The molecule has 1 fully saturated rings. The summed E-state index contributed by atoms with van der Waals surface area (Å²) in [6.45, 7) is 4.00. The number of aliphatic hydroxyl groups excluding tert-OH is 1. The Balaban J connectivity index is 1.65. The van der Waals surface area contributed by atoms with Crippen LogP contribution in [-0.2, 0) is 6.54 Å². The van der Waals surface area contributed by atoms with Crippen LogP contribution in [0.4, 0.5) is 0 Å². The van der Waals surface area contributed by atoms with Crippen molar-refractivity contribution in [2.24, 2.45) is 0 Å². The normalized spacial score (nSPS) is 14.7. The number of aliphatic hydroxyl groups is 1. The van der Waals surface area contributed by atoms with Crippen molar-refractivity contribution in [2.45, 2.75) is 45.2 Å². The Morgan fingerprint density at radius 1 is 1.32 bits per heavy atom. The molecule has 0 atom stereocenters. The molecule has 0 spiro atoms. The van der Waals surface area contributed by atoms with Crippen LogP contribution in [0.3, 0.4) is 0 Å². The van der Waals surface area contributed by atoms with E-state index in [0.29, 0.717) is 24.3 Å². The molecule has 5 nitrogen and oxygen atoms in total. The molecule has 0 amide bonds. The van der Waals surface area contributed by atoms with Crippen molar-refractivity contribution in [1.29, 1.82) is 0 Å². The molecule has 1 aliphatic carbocycles. The van der Waals surface area contributed by atoms with E-state index in [2.05, 4.69) is 34.1 Å². The van der Waals surface area contributed by atoms with Crippen molar-refractivity contribution in [2.75, 3.05) is 13.2 Å². The maximum atomic E-state index is 8.92. The van der Waals surface area contributed by atoms with Crippen LogP contribution in [0.1, 0.15) is 37.1 Å². The zero-order chi connectivity index (χ0) is 15.4. The average molecular weight is 301 g/mol. The van der Waals surface area contributed by atoms with E-state index >= 15 is 0 Å². The summed E-state index contributed by atoms with van der Waals surface area (Å²) in [7, 11) is 0. The van der Waals surface area contributed by atoms with Gasteiger partial charge in [-0.1, -0.05) is 28.9 Å². The number of aromatic nitrogens is 2. The quantitative estimate of drug-likeness (QED) is 0.760. The number of benzene rings is 1. The zero-order valence-electron chi connectivity index (χ0n) is 13.0. The molecule has 1 aromatic carbocycles. The van der Waals surface area contributed by atoms with Crippen LogP contribution >= 0.6 is 0 Å². The summed E-state index contributed by atoms with van der Waals surface area (Å²) in [6.07, 6.45) is 4.35. The van der Waals surface area contributed by atoms with E-state index in [4.69, 9.17) is 9.63 Å². The number of nitrogens with zero attached hydrogens (tertiary/aromatic N) is 3. The van der Waals surface area contributed by atoms with Crippen LogP contribution in [0.2, 0.25) is 0 Å². The summed E-state index contributed by atoms with van der Waals surface area (Å²) in [6, 6.07) is 8.77. The Labute approximate surface area is 131 Å². The van der Waals surface area contributed by atoms with Gasteiger partial charge in [0.05, 0.1) is 6.54 Å². The highest BCUT2D eigenvalue weighted by Gasteiger charge is 2.29. The molecule has 1 saturated carbocycles. The fourth-order valence-electron chi connectivity index (χ4n) is 2.65. The number of rotatable bonds is 8. The van der Waals surface area contributed by atoms with Gasteiger partial charge >= 0.3 is 0 Å². The highest BCUT2D eigenvalue weighted by atomic mass is 16.5. The van der Waals surface area contributed by atoms with Crippen molar-refractivity contribution >= 4 is 0 Å². The van der Waals surface area contributed by atoms with E-state index in [0.717, 1.165) is 24.9 Å². The van der Waals surface area contributed by atoms with Gasteiger partial charge in [0.25, 0.3) is 0 Å². The number of hydrogen-bond donors (Lipinski definition) is 1. The van der Waals surface area contributed by atoms with E-state index in [9.17, 15) is 0 Å². The molecule has 0 bridgehead atoms. The third kappa shape index (κ3) is 3.93. The van der Waals surface area contributed by atoms with Gasteiger partial charge in [0.15, 0.2) is 0 Å². The Morgan fingerprint density at radius 3 is 2.91 bits per heavy atom. The highest BCUT2D eigenvalue weighted by Crippen LogP contribution is 2.28. The fraction of sp³-hybridized carbons (Fsp3) is 0.529. The second-order valence-corrected chi connectivity index (χ2v) is 6.01. The Bertz CT molecular complexity index is 607. The minimum atomic E-state index is 0.260. The van der Waals surface area contributed by atoms with E-state index in [1.54, 1.807) is 0 Å². The van der Waals surface area contributed by atoms with Crippen LogP contribution in [0.25, 0.3) is 11.4 Å². The van der Waals surface area contributed by atoms with E-state index in [1.807, 2.05) is 12.1 Å². The second kappa shape index (κ2) is 7.03. The standard InChI is InChI=1S/C17H23N3O2/c1-13-5-4-6-14(11-13)17-18-16(22-19-17)12-20(15-7-8-15)9-2-3-10-21/h4-6,11,15,21H,2-3,7-10,12H2,1H3. The first kappa shape index (κ1) is 15.2. The molecule has 0 unspecified atom stereocenters. The summed E-state index contributed by atoms with van der Waals surface area (Å²) in [4.78, 5) is 6.92. The van der Waals surface area contributed by atoms with Crippen molar-refractivity contribution < 1.29 is 9.63 Å². The van der Waals surface area contributed by atoms with Crippen molar-refractivity contribution in [3.63, 3.8) is 0 Å². The molecule has 0 aliphatic heterocycles. The minimum absolute atomic E-state index is 0.260. The van der Waals surface area contributed by atoms with Gasteiger partial charge in [0.2, 0.25) is 11.7 Å². The Kier molecular flexibility index (Phi) is 4.85. The molecule has 1 aliphatic rings. The molecule has 2 aromatic rings. The summed E-state index contributed by atoms with van der Waals surface area (Å²) < 4.78 is 5.42. The summed E-state index contributed by atoms with van der Waals surface area (Å²) in [5.74, 6) is 1.33. The third-order valence-corrected chi connectivity index (χ3v) is 4.00. The molecular weight excluding hydrogens is 278 g/mol. The average Bonchev–Trinajstić information content (AvgIpc) is 3.26. The summed E-state index contributed by atoms with van der Waals surface area (Å²) >= 11 is 0. The van der Waals surface area contributed by atoms with E-state index < -0.39 is 0 Å². The predicted octanol–water partition coefficient (Wildman–Crippen LogP) is 2.78. The van der Waals surface area contributed by atoms with Crippen LogP contribution in [-0.4, -0.2) is 39.3 Å². The van der Waals surface area contributed by atoms with Crippen LogP contribution in [0, 0.1) is 6.92 Å². The van der Waals surface area contributed by atoms with Crippen LogP contribution in [0.5, 0.6) is 0 Å². The Hall–Kier alpha value is -1.72. The first-order chi connectivity index (χ1) is 10.8. The SMILES string of the molecule is Cc1cccc(-c2noc(CN(CCCCO)C3CC3)n2)c1. The molecule has 1 N–H and O–H groups in total. The summed E-state index contributed by atoms with van der Waals surface area (Å²) in [5, 5.41) is 13.0. The van der Waals surface area contributed by atoms with Gasteiger partial charge in [-0.2, -0.15) is 4.98 Å². The fourth-order valence-corrected chi connectivity index (χ4v) is 2.65. The maximum Gasteiger partial charge on any atom is 0.241 e. The number of hydrogen-bond acceptors (Lipinski definition) is 5. The lowest BCUT2D eigenvalue weighted by Crippen LogP contribution is -2.27. The highest BCUT2D eigenvalue weighted by molar-refractivity contribution is 5.55. The first-order valence-corrected chi connectivity index (χ1v) is 8.01. The topological polar surface area (TPSA) is 62.4 Å². The lowest BCUT2D eigenvalue weighted by molar-refractivity contribution is 0.203. The molecule has 0 radical (unpaired) electrons. The maximum absolute atomic E-state index is 8.92. The molecule has 0 saturated heterocycles. The van der Waals surface area contributed by atoms with Gasteiger partial charge in [-0.25, -0.2) is 0 Å². The Morgan fingerprint density at radius 2 is 2.18 bits per heavy atom. The molecule has 5 heteroatoms. The molecule has 1 heterocycles. The molecule has 22 heavy (non-hydrogen) atoms. The number of aryl methyl sites for hydroxylation is 1. The van der Waals surface area contributed by atoms with E-state index in [1.165, 1.54) is 18.4 Å². The minimum Gasteiger partial charge on any atom is -0.396 e. The predicted molar refractivity (Wildman–Crippen MR) is 84.2 cm³/mol.